The molecule has 5 heteroatoms. The lowest BCUT2D eigenvalue weighted by molar-refractivity contribution is 0.0157. The minimum atomic E-state index is 0.321. The highest BCUT2D eigenvalue weighted by Gasteiger charge is 2.13. The van der Waals surface area contributed by atoms with Crippen LogP contribution in [0.15, 0.2) is 18.3 Å². The van der Waals surface area contributed by atoms with E-state index >= 15 is 0 Å². The van der Waals surface area contributed by atoms with E-state index < -0.39 is 0 Å². The summed E-state index contributed by atoms with van der Waals surface area (Å²) in [6, 6.07) is 3.80. The van der Waals surface area contributed by atoms with E-state index in [1.165, 1.54) is 0 Å². The third kappa shape index (κ3) is 4.01. The molecule has 0 saturated carbocycles. The van der Waals surface area contributed by atoms with Crippen LogP contribution >= 0.6 is 12.2 Å². The summed E-state index contributed by atoms with van der Waals surface area (Å²) in [5, 5.41) is 0. The molecule has 1 fully saturated rings. The van der Waals surface area contributed by atoms with Crippen LogP contribution in [-0.4, -0.2) is 29.8 Å². The van der Waals surface area contributed by atoms with E-state index in [-0.39, 0.29) is 0 Å². The van der Waals surface area contributed by atoms with Gasteiger partial charge in [0.15, 0.2) is 0 Å². The van der Waals surface area contributed by atoms with E-state index in [0.717, 1.165) is 38.2 Å². The molecule has 0 radical (unpaired) electrons. The van der Waals surface area contributed by atoms with Crippen LogP contribution in [0.4, 0.5) is 0 Å². The molecule has 0 aliphatic carbocycles. The van der Waals surface area contributed by atoms with Gasteiger partial charge in [-0.1, -0.05) is 12.2 Å². The first-order valence-electron chi connectivity index (χ1n) is 6.16. The van der Waals surface area contributed by atoms with E-state index in [1.54, 1.807) is 6.20 Å². The SMILES string of the molecule is NC(=S)c1cc(COCC2CCOCC2)ccn1. The molecule has 1 aliphatic heterocycles. The van der Waals surface area contributed by atoms with Crippen molar-refractivity contribution in [3.8, 4) is 0 Å². The van der Waals surface area contributed by atoms with Crippen molar-refractivity contribution in [1.29, 1.82) is 0 Å². The molecule has 1 aromatic rings. The molecular formula is C13H18N2O2S. The van der Waals surface area contributed by atoms with E-state index in [9.17, 15) is 0 Å². The molecule has 18 heavy (non-hydrogen) atoms. The standard InChI is InChI=1S/C13H18N2O2S/c14-13(18)12-7-11(1-4-15-12)9-17-8-10-2-5-16-6-3-10/h1,4,7,10H,2-3,5-6,8-9H2,(H2,14,18). The molecule has 0 atom stereocenters. The van der Waals surface area contributed by atoms with Crippen molar-refractivity contribution in [2.24, 2.45) is 11.7 Å². The van der Waals surface area contributed by atoms with E-state index in [1.807, 2.05) is 12.1 Å². The van der Waals surface area contributed by atoms with Gasteiger partial charge in [-0.15, -0.1) is 0 Å². The molecule has 2 heterocycles. The Morgan fingerprint density at radius 3 is 3.00 bits per heavy atom. The van der Waals surface area contributed by atoms with Gasteiger partial charge in [0.05, 0.1) is 18.9 Å². The fourth-order valence-corrected chi connectivity index (χ4v) is 2.07. The van der Waals surface area contributed by atoms with Crippen LogP contribution in [-0.2, 0) is 16.1 Å². The maximum atomic E-state index is 5.73. The number of rotatable bonds is 5. The minimum absolute atomic E-state index is 0.321. The van der Waals surface area contributed by atoms with Gasteiger partial charge in [0.1, 0.15) is 4.99 Å². The minimum Gasteiger partial charge on any atom is -0.388 e. The van der Waals surface area contributed by atoms with Gasteiger partial charge in [-0.2, -0.15) is 0 Å². The van der Waals surface area contributed by atoms with Crippen molar-refractivity contribution in [3.63, 3.8) is 0 Å². The van der Waals surface area contributed by atoms with Gasteiger partial charge >= 0.3 is 0 Å². The van der Waals surface area contributed by atoms with E-state index in [2.05, 4.69) is 4.98 Å². The van der Waals surface area contributed by atoms with Crippen LogP contribution in [0.3, 0.4) is 0 Å². The third-order valence-corrected chi connectivity index (χ3v) is 3.25. The summed E-state index contributed by atoms with van der Waals surface area (Å²) < 4.78 is 11.0. The van der Waals surface area contributed by atoms with Gasteiger partial charge in [0, 0.05) is 19.4 Å². The number of ether oxygens (including phenoxy) is 2. The Labute approximate surface area is 112 Å². The molecule has 2 rings (SSSR count). The zero-order chi connectivity index (χ0) is 12.8. The molecule has 0 bridgehead atoms. The lowest BCUT2D eigenvalue weighted by Crippen LogP contribution is -2.20. The molecular weight excluding hydrogens is 248 g/mol. The quantitative estimate of drug-likeness (QED) is 0.821. The van der Waals surface area contributed by atoms with Crippen LogP contribution in [0.25, 0.3) is 0 Å². The lowest BCUT2D eigenvalue weighted by Gasteiger charge is -2.21. The largest absolute Gasteiger partial charge is 0.388 e. The Balaban J connectivity index is 1.78. The summed E-state index contributed by atoms with van der Waals surface area (Å²) in [6.45, 7) is 3.08. The van der Waals surface area contributed by atoms with Gasteiger partial charge < -0.3 is 15.2 Å². The number of aromatic nitrogens is 1. The number of hydrogen-bond donors (Lipinski definition) is 1. The first kappa shape index (κ1) is 13.4. The summed E-state index contributed by atoms with van der Waals surface area (Å²) in [5.41, 5.74) is 7.25. The molecule has 0 unspecified atom stereocenters. The smallest absolute Gasteiger partial charge is 0.122 e. The zero-order valence-corrected chi connectivity index (χ0v) is 11.1. The highest BCUT2D eigenvalue weighted by Crippen LogP contribution is 2.15. The topological polar surface area (TPSA) is 57.4 Å². The monoisotopic (exact) mass is 266 g/mol. The summed E-state index contributed by atoms with van der Waals surface area (Å²) in [7, 11) is 0. The Kier molecular flexibility index (Phi) is 5.04. The van der Waals surface area contributed by atoms with Crippen LogP contribution in [0.1, 0.15) is 24.1 Å². The Hall–Kier alpha value is -1.04. The maximum absolute atomic E-state index is 5.73. The van der Waals surface area contributed by atoms with Crippen LogP contribution in [0.2, 0.25) is 0 Å². The van der Waals surface area contributed by atoms with Crippen LogP contribution in [0, 0.1) is 5.92 Å². The van der Waals surface area contributed by atoms with Gasteiger partial charge in [0.25, 0.3) is 0 Å². The first-order chi connectivity index (χ1) is 8.75. The molecule has 1 saturated heterocycles. The fraction of sp³-hybridized carbons (Fsp3) is 0.538. The van der Waals surface area contributed by atoms with Crippen molar-refractivity contribution in [2.75, 3.05) is 19.8 Å². The van der Waals surface area contributed by atoms with E-state index in [0.29, 0.717) is 23.2 Å². The second kappa shape index (κ2) is 6.78. The Morgan fingerprint density at radius 1 is 1.50 bits per heavy atom. The van der Waals surface area contributed by atoms with Gasteiger partial charge in [-0.25, -0.2) is 0 Å². The average molecular weight is 266 g/mol. The molecule has 1 aliphatic rings. The predicted molar refractivity (Wildman–Crippen MR) is 73.3 cm³/mol. The average Bonchev–Trinajstić information content (AvgIpc) is 2.40. The molecule has 0 aromatic carbocycles. The van der Waals surface area contributed by atoms with Crippen molar-refractivity contribution >= 4 is 17.2 Å². The van der Waals surface area contributed by atoms with Crippen LogP contribution in [0.5, 0.6) is 0 Å². The van der Waals surface area contributed by atoms with Gasteiger partial charge in [-0.05, 0) is 36.5 Å². The maximum Gasteiger partial charge on any atom is 0.122 e. The third-order valence-electron chi connectivity index (χ3n) is 3.04. The Bertz CT molecular complexity index is 406. The number of nitrogens with two attached hydrogens (primary N) is 1. The van der Waals surface area contributed by atoms with Crippen molar-refractivity contribution in [2.45, 2.75) is 19.4 Å². The summed E-state index contributed by atoms with van der Waals surface area (Å²) in [4.78, 5) is 4.42. The second-order valence-corrected chi connectivity index (χ2v) is 4.92. The number of nitrogens with zero attached hydrogens (tertiary/aromatic N) is 1. The van der Waals surface area contributed by atoms with Crippen LogP contribution < -0.4 is 5.73 Å². The Morgan fingerprint density at radius 2 is 2.28 bits per heavy atom. The van der Waals surface area contributed by atoms with Gasteiger partial charge in [0.2, 0.25) is 0 Å². The van der Waals surface area contributed by atoms with Crippen molar-refractivity contribution in [3.05, 3.63) is 29.6 Å². The summed E-state index contributed by atoms with van der Waals surface area (Å²) in [6.07, 6.45) is 3.89. The number of pyridine rings is 1. The molecule has 4 nitrogen and oxygen atoms in total. The molecule has 1 aromatic heterocycles. The fourth-order valence-electron chi connectivity index (χ4n) is 1.96. The summed E-state index contributed by atoms with van der Waals surface area (Å²) in [5.74, 6) is 0.621. The highest BCUT2D eigenvalue weighted by molar-refractivity contribution is 7.80. The number of thiocarbonyl (C=S) groups is 1. The molecule has 0 amide bonds. The van der Waals surface area contributed by atoms with Gasteiger partial charge in [-0.3, -0.25) is 4.98 Å². The predicted octanol–water partition coefficient (Wildman–Crippen LogP) is 1.66. The second-order valence-electron chi connectivity index (χ2n) is 4.48. The highest BCUT2D eigenvalue weighted by atomic mass is 32.1. The lowest BCUT2D eigenvalue weighted by atomic mass is 10.0. The first-order valence-corrected chi connectivity index (χ1v) is 6.57. The number of hydrogen-bond acceptors (Lipinski definition) is 4. The normalized spacial score (nSPS) is 16.7. The van der Waals surface area contributed by atoms with Crippen molar-refractivity contribution in [1.82, 2.24) is 4.98 Å². The molecule has 98 valence electrons. The molecule has 0 spiro atoms. The van der Waals surface area contributed by atoms with E-state index in [4.69, 9.17) is 27.4 Å². The van der Waals surface area contributed by atoms with Crippen molar-refractivity contribution < 1.29 is 9.47 Å². The summed E-state index contributed by atoms with van der Waals surface area (Å²) >= 11 is 4.90. The zero-order valence-electron chi connectivity index (χ0n) is 10.3. The molecule has 2 N–H and O–H groups in total.